The number of rotatable bonds is 2. The van der Waals surface area contributed by atoms with Gasteiger partial charge < -0.3 is 5.73 Å². The molecule has 5 heteroatoms. The summed E-state index contributed by atoms with van der Waals surface area (Å²) in [5.41, 5.74) is 4.37. The number of nitrogens with two attached hydrogens (primary N) is 1. The maximum absolute atomic E-state index is 12.9. The number of hydrogen-bond donors (Lipinski definition) is 1. The van der Waals surface area contributed by atoms with Crippen molar-refractivity contribution < 1.29 is 13.6 Å². The SMILES string of the molecule is Nc1cc(F)c(C(=O)CCl)cc1F. The summed E-state index contributed by atoms with van der Waals surface area (Å²) in [4.78, 5) is 10.9. The van der Waals surface area contributed by atoms with Crippen LogP contribution in [0.15, 0.2) is 12.1 Å². The molecule has 0 heterocycles. The molecule has 13 heavy (non-hydrogen) atoms. The molecule has 0 amide bonds. The molecule has 0 unspecified atom stereocenters. The summed E-state index contributed by atoms with van der Waals surface area (Å²) < 4.78 is 25.7. The minimum atomic E-state index is -0.857. The molecule has 0 saturated heterocycles. The third-order valence-corrected chi connectivity index (χ3v) is 1.75. The standard InChI is InChI=1S/C8H6ClF2NO/c9-3-8(13)4-1-6(11)7(12)2-5(4)10/h1-2H,3,12H2. The van der Waals surface area contributed by atoms with Gasteiger partial charge in [-0.25, -0.2) is 8.78 Å². The summed E-state index contributed by atoms with van der Waals surface area (Å²) in [5.74, 6) is -2.74. The molecular formula is C8H6ClF2NO. The van der Waals surface area contributed by atoms with Gasteiger partial charge in [-0.1, -0.05) is 0 Å². The molecule has 2 nitrogen and oxygen atoms in total. The summed E-state index contributed by atoms with van der Waals surface area (Å²) in [7, 11) is 0. The van der Waals surface area contributed by atoms with Gasteiger partial charge in [-0.2, -0.15) is 0 Å². The number of carbonyl (C=O) groups excluding carboxylic acids is 1. The first-order valence-corrected chi connectivity index (χ1v) is 3.93. The average Bonchev–Trinajstić information content (AvgIpc) is 2.10. The molecule has 0 aromatic heterocycles. The summed E-state index contributed by atoms with van der Waals surface area (Å²) in [6.07, 6.45) is 0. The topological polar surface area (TPSA) is 43.1 Å². The highest BCUT2D eigenvalue weighted by molar-refractivity contribution is 6.30. The van der Waals surface area contributed by atoms with Crippen molar-refractivity contribution in [1.29, 1.82) is 0 Å². The van der Waals surface area contributed by atoms with Crippen molar-refractivity contribution in [2.24, 2.45) is 0 Å². The second kappa shape index (κ2) is 3.70. The molecular weight excluding hydrogens is 200 g/mol. The van der Waals surface area contributed by atoms with Gasteiger partial charge in [0, 0.05) is 6.07 Å². The fourth-order valence-electron chi connectivity index (χ4n) is 0.848. The van der Waals surface area contributed by atoms with Crippen LogP contribution in [0.5, 0.6) is 0 Å². The van der Waals surface area contributed by atoms with Crippen LogP contribution in [0.4, 0.5) is 14.5 Å². The van der Waals surface area contributed by atoms with Gasteiger partial charge in [0.1, 0.15) is 11.6 Å². The number of Topliss-reactive ketones (excluding diaryl/α,β-unsaturated/α-hetero) is 1. The number of hydrogen-bond acceptors (Lipinski definition) is 2. The fourth-order valence-corrected chi connectivity index (χ4v) is 0.992. The molecule has 0 atom stereocenters. The second-order valence-electron chi connectivity index (χ2n) is 2.41. The van der Waals surface area contributed by atoms with Crippen LogP contribution in [-0.4, -0.2) is 11.7 Å². The highest BCUT2D eigenvalue weighted by Crippen LogP contribution is 2.17. The van der Waals surface area contributed by atoms with Crippen LogP contribution in [-0.2, 0) is 0 Å². The van der Waals surface area contributed by atoms with E-state index in [9.17, 15) is 13.6 Å². The largest absolute Gasteiger partial charge is 0.396 e. The Morgan fingerprint density at radius 2 is 2.00 bits per heavy atom. The van der Waals surface area contributed by atoms with Gasteiger partial charge in [-0.3, -0.25) is 4.79 Å². The molecule has 0 radical (unpaired) electrons. The van der Waals surface area contributed by atoms with Gasteiger partial charge >= 0.3 is 0 Å². The Kier molecular flexibility index (Phi) is 2.83. The fraction of sp³-hybridized carbons (Fsp3) is 0.125. The summed E-state index contributed by atoms with van der Waals surface area (Å²) >= 11 is 5.18. The Balaban J connectivity index is 3.23. The lowest BCUT2D eigenvalue weighted by molar-refractivity contribution is 0.101. The zero-order valence-corrected chi connectivity index (χ0v) is 7.24. The maximum atomic E-state index is 12.9. The molecule has 2 N–H and O–H groups in total. The molecule has 1 aromatic carbocycles. The zero-order chi connectivity index (χ0) is 10.0. The Morgan fingerprint density at radius 3 is 2.54 bits per heavy atom. The van der Waals surface area contributed by atoms with Crippen molar-refractivity contribution in [2.75, 3.05) is 11.6 Å². The lowest BCUT2D eigenvalue weighted by Gasteiger charge is -2.01. The maximum Gasteiger partial charge on any atom is 0.180 e. The minimum Gasteiger partial charge on any atom is -0.396 e. The van der Waals surface area contributed by atoms with Gasteiger partial charge in [0.25, 0.3) is 0 Å². The quantitative estimate of drug-likeness (QED) is 0.456. The molecule has 0 saturated carbocycles. The number of alkyl halides is 1. The first-order chi connectivity index (χ1) is 6.06. The van der Waals surface area contributed by atoms with Gasteiger partial charge in [0.2, 0.25) is 0 Å². The van der Waals surface area contributed by atoms with Crippen LogP contribution in [0.3, 0.4) is 0 Å². The van der Waals surface area contributed by atoms with Crippen LogP contribution in [0, 0.1) is 11.6 Å². The zero-order valence-electron chi connectivity index (χ0n) is 6.48. The Hall–Kier alpha value is -1.16. The first kappa shape index (κ1) is 9.92. The lowest BCUT2D eigenvalue weighted by atomic mass is 10.1. The Morgan fingerprint density at radius 1 is 1.38 bits per heavy atom. The van der Waals surface area contributed by atoms with Gasteiger partial charge in [-0.15, -0.1) is 11.6 Å². The summed E-state index contributed by atoms with van der Waals surface area (Å²) in [6.45, 7) is 0. The van der Waals surface area contributed by atoms with E-state index in [4.69, 9.17) is 17.3 Å². The molecule has 0 aliphatic rings. The molecule has 0 bridgehead atoms. The van der Waals surface area contributed by atoms with Crippen LogP contribution in [0.2, 0.25) is 0 Å². The van der Waals surface area contributed by atoms with Crippen molar-refractivity contribution in [1.82, 2.24) is 0 Å². The molecule has 1 rings (SSSR count). The Labute approximate surface area is 78.3 Å². The third-order valence-electron chi connectivity index (χ3n) is 1.51. The summed E-state index contributed by atoms with van der Waals surface area (Å²) in [5, 5.41) is 0. The van der Waals surface area contributed by atoms with E-state index in [1.54, 1.807) is 0 Å². The van der Waals surface area contributed by atoms with Gasteiger partial charge in [0.05, 0.1) is 17.1 Å². The number of benzene rings is 1. The average molecular weight is 206 g/mol. The molecule has 1 aromatic rings. The van der Waals surface area contributed by atoms with E-state index in [1.807, 2.05) is 0 Å². The number of ketones is 1. The molecule has 0 fully saturated rings. The second-order valence-corrected chi connectivity index (χ2v) is 2.68. The van der Waals surface area contributed by atoms with E-state index in [-0.39, 0.29) is 17.1 Å². The monoisotopic (exact) mass is 205 g/mol. The van der Waals surface area contributed by atoms with Crippen LogP contribution >= 0.6 is 11.6 Å². The van der Waals surface area contributed by atoms with Crippen LogP contribution in [0.25, 0.3) is 0 Å². The van der Waals surface area contributed by atoms with Crippen molar-refractivity contribution in [2.45, 2.75) is 0 Å². The molecule has 0 spiro atoms. The van der Waals surface area contributed by atoms with Crippen molar-refractivity contribution in [3.8, 4) is 0 Å². The normalized spacial score (nSPS) is 10.1. The van der Waals surface area contributed by atoms with E-state index in [1.165, 1.54) is 0 Å². The summed E-state index contributed by atoms with van der Waals surface area (Å²) in [6, 6.07) is 1.50. The predicted octanol–water partition coefficient (Wildman–Crippen LogP) is 1.97. The molecule has 70 valence electrons. The minimum absolute atomic E-state index is 0.330. The predicted molar refractivity (Wildman–Crippen MR) is 45.8 cm³/mol. The van der Waals surface area contributed by atoms with Crippen molar-refractivity contribution in [3.05, 3.63) is 29.3 Å². The van der Waals surface area contributed by atoms with E-state index in [0.29, 0.717) is 0 Å². The van der Waals surface area contributed by atoms with E-state index in [2.05, 4.69) is 0 Å². The molecule has 0 aliphatic heterocycles. The lowest BCUT2D eigenvalue weighted by Crippen LogP contribution is -2.06. The number of carbonyl (C=O) groups is 1. The van der Waals surface area contributed by atoms with E-state index in [0.717, 1.165) is 12.1 Å². The third kappa shape index (κ3) is 1.95. The molecule has 0 aliphatic carbocycles. The van der Waals surface area contributed by atoms with Crippen LogP contribution < -0.4 is 5.73 Å². The van der Waals surface area contributed by atoms with Crippen molar-refractivity contribution >= 4 is 23.1 Å². The van der Waals surface area contributed by atoms with Crippen molar-refractivity contribution in [3.63, 3.8) is 0 Å². The first-order valence-electron chi connectivity index (χ1n) is 3.40. The van der Waals surface area contributed by atoms with E-state index < -0.39 is 17.4 Å². The smallest absolute Gasteiger partial charge is 0.180 e. The number of halogens is 3. The highest BCUT2D eigenvalue weighted by atomic mass is 35.5. The number of anilines is 1. The highest BCUT2D eigenvalue weighted by Gasteiger charge is 2.13. The Bertz CT molecular complexity index is 354. The van der Waals surface area contributed by atoms with Crippen LogP contribution in [0.1, 0.15) is 10.4 Å². The van der Waals surface area contributed by atoms with Gasteiger partial charge in [0.15, 0.2) is 5.78 Å². The number of nitrogen functional groups attached to an aromatic ring is 1. The van der Waals surface area contributed by atoms with Gasteiger partial charge in [-0.05, 0) is 6.07 Å². The van der Waals surface area contributed by atoms with E-state index >= 15 is 0 Å².